The molecule has 0 aliphatic carbocycles. The topological polar surface area (TPSA) is 38.0 Å². The minimum Gasteiger partial charge on any atom is -0.395 e. The highest BCUT2D eigenvalue weighted by atomic mass is 35.5. The Morgan fingerprint density at radius 2 is 1.94 bits per heavy atom. The molecule has 0 saturated carbocycles. The quantitative estimate of drug-likeness (QED) is 0.814. The number of nitrogens with two attached hydrogens (primary N) is 1. The lowest BCUT2D eigenvalue weighted by atomic mass is 10.1. The van der Waals surface area contributed by atoms with Crippen LogP contribution in [-0.4, -0.2) is 0 Å². The average Bonchev–Trinajstić information content (AvgIpc) is 2.35. The zero-order valence-corrected chi connectivity index (χ0v) is 10.7. The largest absolute Gasteiger partial charge is 0.395 e. The van der Waals surface area contributed by atoms with Crippen molar-refractivity contribution in [3.05, 3.63) is 58.9 Å². The van der Waals surface area contributed by atoms with Crippen molar-refractivity contribution < 1.29 is 4.39 Å². The Morgan fingerprint density at radius 1 is 1.22 bits per heavy atom. The van der Waals surface area contributed by atoms with Crippen LogP contribution >= 0.6 is 11.6 Å². The number of hydrogen-bond donors (Lipinski definition) is 2. The summed E-state index contributed by atoms with van der Waals surface area (Å²) in [5, 5.41) is 3.85. The lowest BCUT2D eigenvalue weighted by Gasteiger charge is -2.17. The third kappa shape index (κ3) is 2.74. The molecule has 2 rings (SSSR count). The predicted octanol–water partition coefficient (Wildman–Crippen LogP) is 4.23. The van der Waals surface area contributed by atoms with Gasteiger partial charge in [-0.25, -0.2) is 4.39 Å². The molecule has 0 amide bonds. The molecule has 4 heteroatoms. The van der Waals surface area contributed by atoms with Gasteiger partial charge >= 0.3 is 0 Å². The van der Waals surface area contributed by atoms with E-state index in [2.05, 4.69) is 5.32 Å². The van der Waals surface area contributed by atoms with Crippen molar-refractivity contribution >= 4 is 23.0 Å². The summed E-state index contributed by atoms with van der Waals surface area (Å²) in [6.07, 6.45) is 0. The van der Waals surface area contributed by atoms with Crippen molar-refractivity contribution in [1.82, 2.24) is 0 Å². The Balaban J connectivity index is 2.21. The van der Waals surface area contributed by atoms with Gasteiger partial charge in [-0.1, -0.05) is 29.8 Å². The van der Waals surface area contributed by atoms with E-state index in [4.69, 9.17) is 17.3 Å². The predicted molar refractivity (Wildman–Crippen MR) is 74.3 cm³/mol. The highest BCUT2D eigenvalue weighted by Gasteiger charge is 2.09. The zero-order valence-electron chi connectivity index (χ0n) is 9.95. The first-order valence-corrected chi connectivity index (χ1v) is 6.01. The molecule has 0 aromatic heterocycles. The molecule has 0 fully saturated rings. The van der Waals surface area contributed by atoms with Crippen molar-refractivity contribution in [2.24, 2.45) is 0 Å². The molecule has 3 N–H and O–H groups in total. The van der Waals surface area contributed by atoms with Crippen LogP contribution < -0.4 is 11.1 Å². The van der Waals surface area contributed by atoms with E-state index in [0.29, 0.717) is 10.7 Å². The van der Waals surface area contributed by atoms with Gasteiger partial charge in [0.05, 0.1) is 11.4 Å². The van der Waals surface area contributed by atoms with Gasteiger partial charge in [0.1, 0.15) is 5.82 Å². The molecule has 2 aromatic carbocycles. The number of nitrogen functional groups attached to an aromatic ring is 1. The van der Waals surface area contributed by atoms with E-state index < -0.39 is 5.82 Å². The monoisotopic (exact) mass is 264 g/mol. The zero-order chi connectivity index (χ0) is 13.1. The van der Waals surface area contributed by atoms with Crippen LogP contribution in [0.5, 0.6) is 0 Å². The number of anilines is 2. The maximum absolute atomic E-state index is 13.3. The molecule has 94 valence electrons. The lowest BCUT2D eigenvalue weighted by Crippen LogP contribution is -2.09. The van der Waals surface area contributed by atoms with Crippen LogP contribution in [0.2, 0.25) is 5.02 Å². The normalized spacial score (nSPS) is 12.2. The van der Waals surface area contributed by atoms with E-state index >= 15 is 0 Å². The standard InChI is InChI=1S/C14H14ClFN2/c1-9(10-4-2-5-11(15)8-10)18-13-7-3-6-12(16)14(13)17/h2-9,18H,17H2,1H3. The van der Waals surface area contributed by atoms with Crippen molar-refractivity contribution in [3.8, 4) is 0 Å². The SMILES string of the molecule is CC(Nc1cccc(F)c1N)c1cccc(Cl)c1. The van der Waals surface area contributed by atoms with E-state index in [1.165, 1.54) is 6.07 Å². The lowest BCUT2D eigenvalue weighted by molar-refractivity contribution is 0.632. The molecule has 18 heavy (non-hydrogen) atoms. The highest BCUT2D eigenvalue weighted by Crippen LogP contribution is 2.26. The number of nitrogens with one attached hydrogen (secondary N) is 1. The molecule has 0 saturated heterocycles. The second-order valence-electron chi connectivity index (χ2n) is 4.12. The van der Waals surface area contributed by atoms with Crippen LogP contribution in [0.1, 0.15) is 18.5 Å². The molecule has 2 nitrogen and oxygen atoms in total. The fraction of sp³-hybridized carbons (Fsp3) is 0.143. The first-order valence-electron chi connectivity index (χ1n) is 5.64. The third-order valence-electron chi connectivity index (χ3n) is 2.77. The molecule has 0 aliphatic rings. The fourth-order valence-corrected chi connectivity index (χ4v) is 1.95. The van der Waals surface area contributed by atoms with E-state index in [9.17, 15) is 4.39 Å². The van der Waals surface area contributed by atoms with Gasteiger partial charge in [0, 0.05) is 11.1 Å². The van der Waals surface area contributed by atoms with Gasteiger partial charge in [0.2, 0.25) is 0 Å². The van der Waals surface area contributed by atoms with Crippen LogP contribution in [-0.2, 0) is 0 Å². The van der Waals surface area contributed by atoms with E-state index in [1.54, 1.807) is 12.1 Å². The van der Waals surface area contributed by atoms with Crippen molar-refractivity contribution in [1.29, 1.82) is 0 Å². The number of rotatable bonds is 3. The Labute approximate surface area is 111 Å². The van der Waals surface area contributed by atoms with Gasteiger partial charge in [-0.2, -0.15) is 0 Å². The van der Waals surface area contributed by atoms with Crippen molar-refractivity contribution in [2.45, 2.75) is 13.0 Å². The molecule has 2 aromatic rings. The maximum Gasteiger partial charge on any atom is 0.148 e. The summed E-state index contributed by atoms with van der Waals surface area (Å²) in [5.41, 5.74) is 7.41. The Hall–Kier alpha value is -1.74. The second-order valence-corrected chi connectivity index (χ2v) is 4.56. The summed E-state index contributed by atoms with van der Waals surface area (Å²) in [5.74, 6) is -0.418. The average molecular weight is 265 g/mol. The minimum atomic E-state index is -0.418. The van der Waals surface area contributed by atoms with Gasteiger partial charge in [-0.15, -0.1) is 0 Å². The molecule has 0 bridgehead atoms. The van der Waals surface area contributed by atoms with Gasteiger partial charge in [-0.05, 0) is 36.8 Å². The van der Waals surface area contributed by atoms with Crippen LogP contribution in [0.15, 0.2) is 42.5 Å². The maximum atomic E-state index is 13.3. The Bertz CT molecular complexity index is 557. The third-order valence-corrected chi connectivity index (χ3v) is 3.01. The van der Waals surface area contributed by atoms with E-state index in [-0.39, 0.29) is 11.7 Å². The van der Waals surface area contributed by atoms with Crippen LogP contribution in [0.25, 0.3) is 0 Å². The van der Waals surface area contributed by atoms with Crippen LogP contribution in [0, 0.1) is 5.82 Å². The number of hydrogen-bond acceptors (Lipinski definition) is 2. The smallest absolute Gasteiger partial charge is 0.148 e. The molecule has 0 heterocycles. The van der Waals surface area contributed by atoms with Crippen molar-refractivity contribution in [2.75, 3.05) is 11.1 Å². The summed E-state index contributed by atoms with van der Waals surface area (Å²) in [6.45, 7) is 1.97. The van der Waals surface area contributed by atoms with Gasteiger partial charge < -0.3 is 11.1 Å². The molecule has 0 radical (unpaired) electrons. The summed E-state index contributed by atoms with van der Waals surface area (Å²) in [6, 6.07) is 12.2. The molecular formula is C14H14ClFN2. The minimum absolute atomic E-state index is 0.00667. The van der Waals surface area contributed by atoms with Gasteiger partial charge in [-0.3, -0.25) is 0 Å². The molecular weight excluding hydrogens is 251 g/mol. The summed E-state index contributed by atoms with van der Waals surface area (Å²) in [7, 11) is 0. The van der Waals surface area contributed by atoms with Gasteiger partial charge in [0.15, 0.2) is 0 Å². The van der Waals surface area contributed by atoms with E-state index in [0.717, 1.165) is 5.56 Å². The van der Waals surface area contributed by atoms with E-state index in [1.807, 2.05) is 31.2 Å². The van der Waals surface area contributed by atoms with Crippen LogP contribution in [0.4, 0.5) is 15.8 Å². The first-order chi connectivity index (χ1) is 8.58. The number of halogens is 2. The fourth-order valence-electron chi connectivity index (χ4n) is 1.76. The number of benzene rings is 2. The number of para-hydroxylation sites is 1. The second kappa shape index (κ2) is 5.27. The summed E-state index contributed by atoms with van der Waals surface area (Å²) in [4.78, 5) is 0. The highest BCUT2D eigenvalue weighted by molar-refractivity contribution is 6.30. The molecule has 0 spiro atoms. The van der Waals surface area contributed by atoms with Gasteiger partial charge in [0.25, 0.3) is 0 Å². The summed E-state index contributed by atoms with van der Waals surface area (Å²) >= 11 is 5.94. The van der Waals surface area contributed by atoms with Crippen LogP contribution in [0.3, 0.4) is 0 Å². The summed E-state index contributed by atoms with van der Waals surface area (Å²) < 4.78 is 13.3. The molecule has 0 aliphatic heterocycles. The molecule has 1 atom stereocenters. The Morgan fingerprint density at radius 3 is 2.67 bits per heavy atom. The first kappa shape index (κ1) is 12.7. The van der Waals surface area contributed by atoms with Crippen molar-refractivity contribution in [3.63, 3.8) is 0 Å². The molecule has 1 unspecified atom stereocenters. The Kier molecular flexibility index (Phi) is 3.72.